The summed E-state index contributed by atoms with van der Waals surface area (Å²) in [5, 5.41) is 5.57. The third-order valence-electron chi connectivity index (χ3n) is 2.07. The van der Waals surface area contributed by atoms with Crippen LogP contribution in [0.2, 0.25) is 10.0 Å². The van der Waals surface area contributed by atoms with Gasteiger partial charge in [0, 0.05) is 10.0 Å². The Bertz CT molecular complexity index is 454. The highest BCUT2D eigenvalue weighted by atomic mass is 79.9. The Morgan fingerprint density at radius 3 is 2.67 bits per heavy atom. The molecule has 0 amide bonds. The van der Waals surface area contributed by atoms with Gasteiger partial charge in [0.25, 0.3) is 0 Å². The molecule has 1 aromatic heterocycles. The molecule has 0 spiro atoms. The van der Waals surface area contributed by atoms with Crippen molar-refractivity contribution < 1.29 is 0 Å². The van der Waals surface area contributed by atoms with Crippen LogP contribution >= 0.6 is 50.5 Å². The third kappa shape index (κ3) is 2.56. The summed E-state index contributed by atoms with van der Waals surface area (Å²) in [5.74, 6) is 0. The fourth-order valence-corrected chi connectivity index (χ4v) is 3.37. The summed E-state index contributed by atoms with van der Waals surface area (Å²) >= 11 is 17.4. The summed E-state index contributed by atoms with van der Waals surface area (Å²) in [6.45, 7) is 0. The van der Waals surface area contributed by atoms with Crippen LogP contribution in [0.15, 0.2) is 35.0 Å². The van der Waals surface area contributed by atoms with Crippen molar-refractivity contribution in [1.29, 1.82) is 0 Å². The van der Waals surface area contributed by atoms with Crippen LogP contribution in [-0.2, 0) is 0 Å². The van der Waals surface area contributed by atoms with E-state index >= 15 is 0 Å². The van der Waals surface area contributed by atoms with Gasteiger partial charge < -0.3 is 0 Å². The summed E-state index contributed by atoms with van der Waals surface area (Å²) in [6, 6.07) is 7.57. The first-order valence-corrected chi connectivity index (χ1v) is 6.91. The highest BCUT2D eigenvalue weighted by Gasteiger charge is 2.14. The van der Waals surface area contributed by atoms with Gasteiger partial charge in [-0.25, -0.2) is 0 Å². The topological polar surface area (TPSA) is 0 Å². The maximum atomic E-state index is 6.12. The Morgan fingerprint density at radius 2 is 2.00 bits per heavy atom. The molecule has 0 radical (unpaired) electrons. The zero-order valence-electron chi connectivity index (χ0n) is 7.58. The van der Waals surface area contributed by atoms with Crippen molar-refractivity contribution in [2.24, 2.45) is 0 Å². The Labute approximate surface area is 111 Å². The first kappa shape index (κ1) is 11.5. The van der Waals surface area contributed by atoms with E-state index in [4.69, 9.17) is 23.2 Å². The molecule has 0 N–H and O–H groups in total. The second-order valence-electron chi connectivity index (χ2n) is 3.09. The van der Waals surface area contributed by atoms with Crippen LogP contribution in [0.25, 0.3) is 0 Å². The Morgan fingerprint density at radius 1 is 1.20 bits per heavy atom. The zero-order valence-corrected chi connectivity index (χ0v) is 11.5. The Balaban J connectivity index is 2.41. The van der Waals surface area contributed by atoms with Gasteiger partial charge in [-0.3, -0.25) is 0 Å². The van der Waals surface area contributed by atoms with E-state index in [1.807, 2.05) is 17.5 Å². The molecule has 1 heterocycles. The quantitative estimate of drug-likeness (QED) is 0.637. The van der Waals surface area contributed by atoms with E-state index in [1.165, 1.54) is 5.56 Å². The molecule has 15 heavy (non-hydrogen) atoms. The second kappa shape index (κ2) is 4.88. The molecule has 2 rings (SSSR count). The number of benzene rings is 1. The van der Waals surface area contributed by atoms with Gasteiger partial charge in [-0.2, -0.15) is 11.3 Å². The fourth-order valence-electron chi connectivity index (χ4n) is 1.31. The minimum atomic E-state index is 0.106. The van der Waals surface area contributed by atoms with Crippen molar-refractivity contribution in [2.75, 3.05) is 0 Å². The largest absolute Gasteiger partial charge is 0.152 e. The molecular formula is C11H7BrCl2S. The van der Waals surface area contributed by atoms with Crippen LogP contribution in [0.1, 0.15) is 16.0 Å². The van der Waals surface area contributed by atoms with E-state index in [0.29, 0.717) is 5.02 Å². The monoisotopic (exact) mass is 320 g/mol. The van der Waals surface area contributed by atoms with E-state index in [2.05, 4.69) is 27.4 Å². The minimum absolute atomic E-state index is 0.106. The molecule has 0 aliphatic heterocycles. The maximum Gasteiger partial charge on any atom is 0.0667 e. The van der Waals surface area contributed by atoms with Crippen molar-refractivity contribution in [3.8, 4) is 0 Å². The molecule has 78 valence electrons. The maximum absolute atomic E-state index is 6.12. The van der Waals surface area contributed by atoms with E-state index in [9.17, 15) is 0 Å². The lowest BCUT2D eigenvalue weighted by atomic mass is 10.1. The molecule has 0 aliphatic rings. The van der Waals surface area contributed by atoms with Crippen molar-refractivity contribution in [1.82, 2.24) is 0 Å². The van der Waals surface area contributed by atoms with Crippen LogP contribution in [0.3, 0.4) is 0 Å². The molecule has 0 saturated heterocycles. The van der Waals surface area contributed by atoms with Crippen LogP contribution in [0.5, 0.6) is 0 Å². The predicted octanol–water partition coefficient (Wildman–Crippen LogP) is 5.54. The van der Waals surface area contributed by atoms with Crippen molar-refractivity contribution in [3.05, 3.63) is 56.2 Å². The van der Waals surface area contributed by atoms with Gasteiger partial charge in [0.15, 0.2) is 0 Å². The highest BCUT2D eigenvalue weighted by molar-refractivity contribution is 9.09. The van der Waals surface area contributed by atoms with Gasteiger partial charge in [0.2, 0.25) is 0 Å². The van der Waals surface area contributed by atoms with Crippen molar-refractivity contribution in [2.45, 2.75) is 4.83 Å². The average Bonchev–Trinajstić information content (AvgIpc) is 2.74. The number of halogens is 3. The number of thiophene rings is 1. The first-order chi connectivity index (χ1) is 7.18. The standard InChI is InChI=1S/C11H7BrCl2S/c12-11(7-3-4-15-6-7)9-5-8(13)1-2-10(9)14/h1-6,11H. The van der Waals surface area contributed by atoms with Gasteiger partial charge in [0.05, 0.1) is 4.83 Å². The van der Waals surface area contributed by atoms with E-state index in [-0.39, 0.29) is 4.83 Å². The molecule has 0 bridgehead atoms. The number of hydrogen-bond donors (Lipinski definition) is 0. The lowest BCUT2D eigenvalue weighted by molar-refractivity contribution is 1.19. The number of hydrogen-bond acceptors (Lipinski definition) is 1. The van der Waals surface area contributed by atoms with E-state index in [1.54, 1.807) is 17.4 Å². The van der Waals surface area contributed by atoms with Crippen molar-refractivity contribution >= 4 is 50.5 Å². The molecule has 0 saturated carbocycles. The predicted molar refractivity (Wildman–Crippen MR) is 71.6 cm³/mol. The van der Waals surface area contributed by atoms with E-state index < -0.39 is 0 Å². The number of alkyl halides is 1. The molecule has 0 fully saturated rings. The van der Waals surface area contributed by atoms with E-state index in [0.717, 1.165) is 10.6 Å². The average molecular weight is 322 g/mol. The highest BCUT2D eigenvalue weighted by Crippen LogP contribution is 2.37. The van der Waals surface area contributed by atoms with Crippen molar-refractivity contribution in [3.63, 3.8) is 0 Å². The van der Waals surface area contributed by atoms with Crippen LogP contribution in [0.4, 0.5) is 0 Å². The van der Waals surface area contributed by atoms with Crippen LogP contribution < -0.4 is 0 Å². The molecule has 2 aromatic rings. The lowest BCUT2D eigenvalue weighted by Crippen LogP contribution is -1.91. The zero-order chi connectivity index (χ0) is 10.8. The summed E-state index contributed by atoms with van der Waals surface area (Å²) in [7, 11) is 0. The summed E-state index contributed by atoms with van der Waals surface area (Å²) in [5.41, 5.74) is 2.20. The SMILES string of the molecule is Clc1ccc(Cl)c(C(Br)c2ccsc2)c1. The van der Waals surface area contributed by atoms with Crippen LogP contribution in [-0.4, -0.2) is 0 Å². The smallest absolute Gasteiger partial charge is 0.0667 e. The van der Waals surface area contributed by atoms with Gasteiger partial charge in [-0.05, 0) is 46.2 Å². The molecule has 1 aromatic carbocycles. The lowest BCUT2D eigenvalue weighted by Gasteiger charge is -2.10. The third-order valence-corrected chi connectivity index (χ3v) is 4.37. The molecule has 0 nitrogen and oxygen atoms in total. The van der Waals surface area contributed by atoms with Gasteiger partial charge >= 0.3 is 0 Å². The molecular weight excluding hydrogens is 315 g/mol. The molecule has 1 unspecified atom stereocenters. The molecule has 0 aliphatic carbocycles. The molecule has 4 heteroatoms. The summed E-state index contributed by atoms with van der Waals surface area (Å²) < 4.78 is 0. The van der Waals surface area contributed by atoms with Gasteiger partial charge in [-0.1, -0.05) is 39.1 Å². The fraction of sp³-hybridized carbons (Fsp3) is 0.0909. The minimum Gasteiger partial charge on any atom is -0.152 e. The normalized spacial score (nSPS) is 12.7. The second-order valence-corrected chi connectivity index (χ2v) is 5.62. The summed E-state index contributed by atoms with van der Waals surface area (Å²) in [4.78, 5) is 0.106. The molecule has 1 atom stereocenters. The van der Waals surface area contributed by atoms with Gasteiger partial charge in [-0.15, -0.1) is 0 Å². The summed E-state index contributed by atoms with van der Waals surface area (Å²) in [6.07, 6.45) is 0. The van der Waals surface area contributed by atoms with Crippen LogP contribution in [0, 0.1) is 0 Å². The Hall–Kier alpha value is -0.0200. The van der Waals surface area contributed by atoms with Gasteiger partial charge in [0.1, 0.15) is 0 Å². The number of rotatable bonds is 2. The first-order valence-electron chi connectivity index (χ1n) is 4.29. The Kier molecular flexibility index (Phi) is 3.73.